The molecule has 3 atom stereocenters. The maximum atomic E-state index is 12.1. The van der Waals surface area contributed by atoms with Crippen LogP contribution in [0.15, 0.2) is 24.3 Å². The summed E-state index contributed by atoms with van der Waals surface area (Å²) in [5, 5.41) is 21.6. The Labute approximate surface area is 270 Å². The van der Waals surface area contributed by atoms with Gasteiger partial charge < -0.3 is 25.2 Å². The lowest BCUT2D eigenvalue weighted by Gasteiger charge is -2.18. The van der Waals surface area contributed by atoms with Crippen molar-refractivity contribution >= 4 is 25.7 Å². The number of carboxylic acid groups (broad SMARTS) is 1. The van der Waals surface area contributed by atoms with Crippen LogP contribution in [-0.2, 0) is 32.7 Å². The summed E-state index contributed by atoms with van der Waals surface area (Å²) in [7, 11) is -4.74. The zero-order valence-corrected chi connectivity index (χ0v) is 28.6. The Kier molecular flexibility index (Phi) is 28.0. The number of hydrogen-bond donors (Lipinski definition) is 4. The molecular formula is C33H60NO10P. The van der Waals surface area contributed by atoms with E-state index in [0.29, 0.717) is 12.8 Å². The Balaban J connectivity index is 4.02. The standard InChI is InChI=1S/C33H60NO10P/c1-3-5-7-9-11-13-14-15-16-17-19-21-23-25-32(37)42-26-29(35)27-43-45(40,41)44-28-30(33(38)39)34-31(36)24-22-20-18-12-10-8-6-4-2/h7,9,13-14,29-30,35H,3-6,8,10-12,15-28H2,1-2H3,(H,34,36)(H,38,39)(H,40,41)/b9-7-,14-13-. The van der Waals surface area contributed by atoms with E-state index in [0.717, 1.165) is 64.2 Å². The molecule has 0 fully saturated rings. The summed E-state index contributed by atoms with van der Waals surface area (Å²) in [5.41, 5.74) is 0. The van der Waals surface area contributed by atoms with Crippen LogP contribution < -0.4 is 5.32 Å². The van der Waals surface area contributed by atoms with Gasteiger partial charge in [0, 0.05) is 12.8 Å². The molecule has 0 aromatic heterocycles. The molecule has 0 saturated heterocycles. The molecule has 0 aromatic rings. The summed E-state index contributed by atoms with van der Waals surface area (Å²) in [6.07, 6.45) is 25.2. The molecule has 0 rings (SSSR count). The first-order chi connectivity index (χ1) is 21.6. The highest BCUT2D eigenvalue weighted by molar-refractivity contribution is 7.47. The van der Waals surface area contributed by atoms with E-state index in [9.17, 15) is 34.1 Å². The second kappa shape index (κ2) is 29.4. The average molecular weight is 662 g/mol. The molecule has 1 amide bonds. The van der Waals surface area contributed by atoms with Crippen LogP contribution in [0.5, 0.6) is 0 Å². The number of aliphatic carboxylic acids is 1. The van der Waals surface area contributed by atoms with Gasteiger partial charge in [-0.3, -0.25) is 18.6 Å². The molecule has 45 heavy (non-hydrogen) atoms. The van der Waals surface area contributed by atoms with Gasteiger partial charge >= 0.3 is 19.8 Å². The Morgan fingerprint density at radius 2 is 1.27 bits per heavy atom. The number of amides is 1. The maximum Gasteiger partial charge on any atom is 0.472 e. The van der Waals surface area contributed by atoms with Gasteiger partial charge in [-0.1, -0.05) is 109 Å². The van der Waals surface area contributed by atoms with Crippen LogP contribution in [0.25, 0.3) is 0 Å². The van der Waals surface area contributed by atoms with E-state index < -0.39 is 57.6 Å². The predicted octanol–water partition coefficient (Wildman–Crippen LogP) is 7.16. The van der Waals surface area contributed by atoms with Gasteiger partial charge in [0.2, 0.25) is 5.91 Å². The van der Waals surface area contributed by atoms with Crippen LogP contribution in [0, 0.1) is 0 Å². The SMILES string of the molecule is CCC/C=C\C/C=C\CCCCCCCC(=O)OCC(O)COP(=O)(O)OCC(NC(=O)CCCCCCCCCC)C(=O)O. The Morgan fingerprint density at radius 1 is 0.711 bits per heavy atom. The topological polar surface area (TPSA) is 169 Å². The molecule has 0 bridgehead atoms. The summed E-state index contributed by atoms with van der Waals surface area (Å²) in [6, 6.07) is -1.54. The van der Waals surface area contributed by atoms with Gasteiger partial charge in [0.05, 0.1) is 13.2 Å². The first-order valence-electron chi connectivity index (χ1n) is 16.9. The van der Waals surface area contributed by atoms with Gasteiger partial charge in [-0.15, -0.1) is 0 Å². The van der Waals surface area contributed by atoms with Crippen molar-refractivity contribution < 1.29 is 47.8 Å². The third kappa shape index (κ3) is 29.1. The lowest BCUT2D eigenvalue weighted by Crippen LogP contribution is -2.43. The Bertz CT molecular complexity index is 880. The second-order valence-corrected chi connectivity index (χ2v) is 12.8. The number of aliphatic hydroxyl groups is 1. The molecule has 0 aliphatic carbocycles. The number of carbonyl (C=O) groups excluding carboxylic acids is 2. The van der Waals surface area contributed by atoms with Gasteiger partial charge in [-0.2, -0.15) is 0 Å². The van der Waals surface area contributed by atoms with E-state index >= 15 is 0 Å². The predicted molar refractivity (Wildman–Crippen MR) is 176 cm³/mol. The quantitative estimate of drug-likeness (QED) is 0.0259. The number of nitrogens with one attached hydrogen (secondary N) is 1. The fourth-order valence-electron chi connectivity index (χ4n) is 4.29. The molecule has 262 valence electrons. The number of aliphatic hydroxyl groups excluding tert-OH is 1. The monoisotopic (exact) mass is 661 g/mol. The van der Waals surface area contributed by atoms with Crippen molar-refractivity contribution in [3.8, 4) is 0 Å². The van der Waals surface area contributed by atoms with Crippen molar-refractivity contribution in [3.05, 3.63) is 24.3 Å². The van der Waals surface area contributed by atoms with Crippen molar-refractivity contribution in [1.29, 1.82) is 0 Å². The van der Waals surface area contributed by atoms with E-state index in [1.807, 2.05) is 0 Å². The summed E-state index contributed by atoms with van der Waals surface area (Å²) in [4.78, 5) is 45.4. The number of carboxylic acids is 1. The number of carbonyl (C=O) groups is 3. The van der Waals surface area contributed by atoms with Crippen molar-refractivity contribution in [2.45, 2.75) is 148 Å². The minimum absolute atomic E-state index is 0.145. The number of hydrogen-bond acceptors (Lipinski definition) is 8. The van der Waals surface area contributed by atoms with Crippen LogP contribution in [0.4, 0.5) is 0 Å². The number of allylic oxidation sites excluding steroid dienone is 4. The van der Waals surface area contributed by atoms with Gasteiger partial charge in [-0.05, 0) is 38.5 Å². The molecule has 0 saturated carbocycles. The van der Waals surface area contributed by atoms with Crippen LogP contribution in [-0.4, -0.2) is 64.9 Å². The van der Waals surface area contributed by atoms with Crippen molar-refractivity contribution in [3.63, 3.8) is 0 Å². The van der Waals surface area contributed by atoms with E-state index in [2.05, 4.69) is 43.5 Å². The first kappa shape index (κ1) is 43.0. The third-order valence-electron chi connectivity index (χ3n) is 6.97. The van der Waals surface area contributed by atoms with Crippen molar-refractivity contribution in [2.24, 2.45) is 0 Å². The van der Waals surface area contributed by atoms with E-state index in [1.165, 1.54) is 32.1 Å². The first-order valence-corrected chi connectivity index (χ1v) is 18.4. The van der Waals surface area contributed by atoms with Gasteiger partial charge in [-0.25, -0.2) is 9.36 Å². The molecule has 12 heteroatoms. The molecule has 0 aromatic carbocycles. The second-order valence-electron chi connectivity index (χ2n) is 11.4. The minimum atomic E-state index is -4.74. The molecular weight excluding hydrogens is 601 g/mol. The van der Waals surface area contributed by atoms with Crippen molar-refractivity contribution in [1.82, 2.24) is 5.32 Å². The minimum Gasteiger partial charge on any atom is -0.480 e. The highest BCUT2D eigenvalue weighted by Gasteiger charge is 2.28. The molecule has 0 radical (unpaired) electrons. The average Bonchev–Trinajstić information content (AvgIpc) is 3.00. The lowest BCUT2D eigenvalue weighted by molar-refractivity contribution is -0.147. The molecule has 0 aliphatic rings. The fraction of sp³-hybridized carbons (Fsp3) is 0.788. The van der Waals surface area contributed by atoms with Crippen LogP contribution in [0.3, 0.4) is 0 Å². The van der Waals surface area contributed by atoms with Gasteiger partial charge in [0.1, 0.15) is 12.7 Å². The van der Waals surface area contributed by atoms with E-state index in [1.54, 1.807) is 0 Å². The molecule has 0 aliphatic heterocycles. The fourth-order valence-corrected chi connectivity index (χ4v) is 5.06. The molecule has 0 spiro atoms. The Morgan fingerprint density at radius 3 is 1.89 bits per heavy atom. The summed E-state index contributed by atoms with van der Waals surface area (Å²) in [6.45, 7) is 2.42. The van der Waals surface area contributed by atoms with Gasteiger partial charge in [0.15, 0.2) is 6.04 Å². The number of rotatable bonds is 31. The van der Waals surface area contributed by atoms with E-state index in [-0.39, 0.29) is 12.8 Å². The molecule has 3 unspecified atom stereocenters. The highest BCUT2D eigenvalue weighted by atomic mass is 31.2. The zero-order valence-electron chi connectivity index (χ0n) is 27.7. The molecule has 11 nitrogen and oxygen atoms in total. The third-order valence-corrected chi connectivity index (χ3v) is 7.93. The number of ether oxygens (including phenoxy) is 1. The molecule has 4 N–H and O–H groups in total. The zero-order chi connectivity index (χ0) is 33.6. The summed E-state index contributed by atoms with van der Waals surface area (Å²) < 4.78 is 26.6. The smallest absolute Gasteiger partial charge is 0.472 e. The van der Waals surface area contributed by atoms with E-state index in [4.69, 9.17) is 13.8 Å². The van der Waals surface area contributed by atoms with Crippen LogP contribution >= 0.6 is 7.82 Å². The number of unbranched alkanes of at least 4 members (excludes halogenated alkanes) is 13. The number of esters is 1. The summed E-state index contributed by atoms with van der Waals surface area (Å²) in [5.74, 6) is -2.40. The summed E-state index contributed by atoms with van der Waals surface area (Å²) >= 11 is 0. The van der Waals surface area contributed by atoms with Crippen LogP contribution in [0.2, 0.25) is 0 Å². The molecule has 0 heterocycles. The highest BCUT2D eigenvalue weighted by Crippen LogP contribution is 2.43. The largest absolute Gasteiger partial charge is 0.480 e. The normalized spacial score (nSPS) is 14.4. The number of phosphoric acid groups is 1. The Hall–Kier alpha value is -2.04. The lowest BCUT2D eigenvalue weighted by atomic mass is 10.1. The number of phosphoric ester groups is 1. The van der Waals surface area contributed by atoms with Crippen LogP contribution in [0.1, 0.15) is 136 Å². The van der Waals surface area contributed by atoms with Gasteiger partial charge in [0.25, 0.3) is 0 Å². The maximum absolute atomic E-state index is 12.1. The van der Waals surface area contributed by atoms with Crippen molar-refractivity contribution in [2.75, 3.05) is 19.8 Å².